The molecule has 0 unspecified atom stereocenters. The quantitative estimate of drug-likeness (QED) is 0.660. The van der Waals surface area contributed by atoms with Crippen LogP contribution in [0.3, 0.4) is 0 Å². The molecule has 1 aliphatic rings. The lowest BCUT2D eigenvalue weighted by Gasteiger charge is -2.14. The largest absolute Gasteiger partial charge is 0.351 e. The summed E-state index contributed by atoms with van der Waals surface area (Å²) in [6.45, 7) is 2.12. The Labute approximate surface area is 72.9 Å². The van der Waals surface area contributed by atoms with Gasteiger partial charge in [0, 0.05) is 25.5 Å². The maximum Gasteiger partial charge on any atom is 0.0434 e. The van der Waals surface area contributed by atoms with Gasteiger partial charge in [0.25, 0.3) is 0 Å². The molecule has 1 aliphatic heterocycles. The normalized spacial score (nSPS) is 17.6. The molecule has 0 fully saturated rings. The van der Waals surface area contributed by atoms with E-state index in [0.29, 0.717) is 0 Å². The average molecular weight is 162 g/mol. The van der Waals surface area contributed by atoms with E-state index < -0.39 is 0 Å². The van der Waals surface area contributed by atoms with Crippen molar-refractivity contribution in [2.24, 2.45) is 7.05 Å². The van der Waals surface area contributed by atoms with Crippen molar-refractivity contribution in [2.45, 2.75) is 6.42 Å². The Morgan fingerprint density at radius 2 is 2.42 bits per heavy atom. The van der Waals surface area contributed by atoms with E-state index in [1.807, 2.05) is 0 Å². The van der Waals surface area contributed by atoms with Gasteiger partial charge in [-0.1, -0.05) is 6.08 Å². The smallest absolute Gasteiger partial charge is 0.0434 e. The van der Waals surface area contributed by atoms with Gasteiger partial charge in [-0.05, 0) is 30.7 Å². The summed E-state index contributed by atoms with van der Waals surface area (Å²) in [5.74, 6) is 0. The van der Waals surface area contributed by atoms with E-state index in [1.54, 1.807) is 0 Å². The third-order valence-corrected chi connectivity index (χ3v) is 2.34. The minimum atomic E-state index is 1.01. The van der Waals surface area contributed by atoms with Gasteiger partial charge in [-0.15, -0.1) is 0 Å². The summed E-state index contributed by atoms with van der Waals surface area (Å²) < 4.78 is 2.18. The Kier molecular flexibility index (Phi) is 2.00. The van der Waals surface area contributed by atoms with Crippen LogP contribution in [0.4, 0.5) is 0 Å². The Balaban J connectivity index is 2.29. The molecule has 0 aromatic carbocycles. The second kappa shape index (κ2) is 3.15. The highest BCUT2D eigenvalue weighted by atomic mass is 14.9. The van der Waals surface area contributed by atoms with Crippen LogP contribution < -0.4 is 5.32 Å². The first-order valence-corrected chi connectivity index (χ1v) is 4.39. The number of hydrogen-bond donors (Lipinski definition) is 1. The Hall–Kier alpha value is -1.02. The first-order chi connectivity index (χ1) is 5.88. The molecule has 2 heteroatoms. The third-order valence-electron chi connectivity index (χ3n) is 2.34. The van der Waals surface area contributed by atoms with Crippen LogP contribution in [0, 0.1) is 0 Å². The topological polar surface area (TPSA) is 17.0 Å². The molecule has 0 atom stereocenters. The predicted octanol–water partition coefficient (Wildman–Crippen LogP) is 1.40. The second-order valence-electron chi connectivity index (χ2n) is 3.19. The van der Waals surface area contributed by atoms with E-state index in [4.69, 9.17) is 0 Å². The molecule has 0 aliphatic carbocycles. The van der Waals surface area contributed by atoms with Crippen molar-refractivity contribution >= 4 is 5.57 Å². The standard InChI is InChI=1S/C10H14N2/c1-12-8-2-3-10(12)9-4-6-11-7-5-9/h2-4,8,11H,5-7H2,1H3. The van der Waals surface area contributed by atoms with Crippen LogP contribution in [0.15, 0.2) is 24.4 Å². The maximum atomic E-state index is 3.31. The van der Waals surface area contributed by atoms with Gasteiger partial charge in [-0.25, -0.2) is 0 Å². The zero-order valence-electron chi connectivity index (χ0n) is 7.38. The molecule has 12 heavy (non-hydrogen) atoms. The molecule has 2 nitrogen and oxygen atoms in total. The molecule has 0 saturated heterocycles. The first kappa shape index (κ1) is 7.62. The molecule has 0 saturated carbocycles. The van der Waals surface area contributed by atoms with Crippen LogP contribution in [0.2, 0.25) is 0 Å². The van der Waals surface area contributed by atoms with Crippen LogP contribution in [0.5, 0.6) is 0 Å². The van der Waals surface area contributed by atoms with E-state index in [0.717, 1.165) is 19.5 Å². The van der Waals surface area contributed by atoms with Gasteiger partial charge in [-0.3, -0.25) is 0 Å². The van der Waals surface area contributed by atoms with Crippen molar-refractivity contribution in [3.63, 3.8) is 0 Å². The predicted molar refractivity (Wildman–Crippen MR) is 50.9 cm³/mol. The van der Waals surface area contributed by atoms with Crippen LogP contribution in [-0.4, -0.2) is 17.7 Å². The molecular formula is C10H14N2. The highest BCUT2D eigenvalue weighted by Gasteiger charge is 2.06. The number of rotatable bonds is 1. The summed E-state index contributed by atoms with van der Waals surface area (Å²) >= 11 is 0. The minimum absolute atomic E-state index is 1.01. The lowest BCUT2D eigenvalue weighted by molar-refractivity contribution is 0.732. The fourth-order valence-electron chi connectivity index (χ4n) is 1.65. The molecular weight excluding hydrogens is 148 g/mol. The lowest BCUT2D eigenvalue weighted by Crippen LogP contribution is -2.20. The van der Waals surface area contributed by atoms with E-state index in [2.05, 4.69) is 41.3 Å². The Bertz CT molecular complexity index is 297. The lowest BCUT2D eigenvalue weighted by atomic mass is 10.1. The fourth-order valence-corrected chi connectivity index (χ4v) is 1.65. The zero-order valence-corrected chi connectivity index (χ0v) is 7.38. The minimum Gasteiger partial charge on any atom is -0.351 e. The summed E-state index contributed by atoms with van der Waals surface area (Å²) in [6.07, 6.45) is 5.52. The number of hydrogen-bond acceptors (Lipinski definition) is 1. The van der Waals surface area contributed by atoms with Gasteiger partial charge in [0.1, 0.15) is 0 Å². The molecule has 0 spiro atoms. The summed E-state index contributed by atoms with van der Waals surface area (Å²) in [4.78, 5) is 0. The van der Waals surface area contributed by atoms with Crippen LogP contribution in [0.25, 0.3) is 5.57 Å². The number of nitrogens with one attached hydrogen (secondary N) is 1. The van der Waals surface area contributed by atoms with Crippen molar-refractivity contribution in [1.29, 1.82) is 0 Å². The molecule has 0 amide bonds. The molecule has 2 heterocycles. The van der Waals surface area contributed by atoms with Gasteiger partial charge >= 0.3 is 0 Å². The molecule has 1 aromatic heterocycles. The van der Waals surface area contributed by atoms with Crippen molar-refractivity contribution in [1.82, 2.24) is 9.88 Å². The van der Waals surface area contributed by atoms with Crippen LogP contribution in [0.1, 0.15) is 12.1 Å². The van der Waals surface area contributed by atoms with Gasteiger partial charge in [0.05, 0.1) is 0 Å². The zero-order chi connectivity index (χ0) is 8.39. The van der Waals surface area contributed by atoms with E-state index in [9.17, 15) is 0 Å². The summed E-state index contributed by atoms with van der Waals surface area (Å²) in [5, 5.41) is 3.31. The van der Waals surface area contributed by atoms with E-state index in [1.165, 1.54) is 11.3 Å². The highest BCUT2D eigenvalue weighted by molar-refractivity contribution is 5.64. The van der Waals surface area contributed by atoms with Gasteiger partial charge in [0.15, 0.2) is 0 Å². The molecule has 2 rings (SSSR count). The molecule has 0 bridgehead atoms. The number of aryl methyl sites for hydroxylation is 1. The second-order valence-corrected chi connectivity index (χ2v) is 3.19. The Morgan fingerprint density at radius 1 is 1.50 bits per heavy atom. The van der Waals surface area contributed by atoms with Crippen molar-refractivity contribution in [2.75, 3.05) is 13.1 Å². The first-order valence-electron chi connectivity index (χ1n) is 4.39. The fraction of sp³-hybridized carbons (Fsp3) is 0.400. The number of aromatic nitrogens is 1. The van der Waals surface area contributed by atoms with Crippen molar-refractivity contribution in [3.05, 3.63) is 30.1 Å². The average Bonchev–Trinajstić information content (AvgIpc) is 2.53. The van der Waals surface area contributed by atoms with Crippen LogP contribution >= 0.6 is 0 Å². The monoisotopic (exact) mass is 162 g/mol. The van der Waals surface area contributed by atoms with Crippen molar-refractivity contribution in [3.8, 4) is 0 Å². The Morgan fingerprint density at radius 3 is 3.00 bits per heavy atom. The van der Waals surface area contributed by atoms with E-state index >= 15 is 0 Å². The summed E-state index contributed by atoms with van der Waals surface area (Å²) in [7, 11) is 2.10. The van der Waals surface area contributed by atoms with Gasteiger partial charge in [0.2, 0.25) is 0 Å². The number of nitrogens with zero attached hydrogens (tertiary/aromatic N) is 1. The van der Waals surface area contributed by atoms with Gasteiger partial charge < -0.3 is 9.88 Å². The molecule has 64 valence electrons. The summed E-state index contributed by atoms with van der Waals surface area (Å²) in [6, 6.07) is 4.27. The van der Waals surface area contributed by atoms with Crippen LogP contribution in [-0.2, 0) is 7.05 Å². The van der Waals surface area contributed by atoms with Crippen molar-refractivity contribution < 1.29 is 0 Å². The molecule has 1 aromatic rings. The summed E-state index contributed by atoms with van der Waals surface area (Å²) in [5.41, 5.74) is 2.83. The van der Waals surface area contributed by atoms with E-state index in [-0.39, 0.29) is 0 Å². The maximum absolute atomic E-state index is 3.31. The third kappa shape index (κ3) is 1.30. The molecule has 1 N–H and O–H groups in total. The molecule has 0 radical (unpaired) electrons. The van der Waals surface area contributed by atoms with Gasteiger partial charge in [-0.2, -0.15) is 0 Å². The SMILES string of the molecule is Cn1cccc1C1=CCNCC1. The highest BCUT2D eigenvalue weighted by Crippen LogP contribution is 2.18.